The molecule has 5 nitrogen and oxygen atoms in total. The van der Waals surface area contributed by atoms with Crippen LogP contribution in [0, 0.1) is 11.7 Å². The van der Waals surface area contributed by atoms with Gasteiger partial charge in [0, 0.05) is 19.0 Å². The maximum absolute atomic E-state index is 13.2. The van der Waals surface area contributed by atoms with Crippen LogP contribution in [0.4, 0.5) is 4.39 Å². The number of rotatable bonds is 8. The molecule has 0 heterocycles. The molecule has 0 saturated heterocycles. The van der Waals surface area contributed by atoms with Gasteiger partial charge in [-0.2, -0.15) is 8.42 Å². The molecule has 1 fully saturated rings. The number of carbonyl (C=O) groups excluding carboxylic acids is 1. The topological polar surface area (TPSA) is 63.7 Å². The maximum atomic E-state index is 13.2. The van der Waals surface area contributed by atoms with E-state index >= 15 is 0 Å². The van der Waals surface area contributed by atoms with Gasteiger partial charge in [-0.1, -0.05) is 30.7 Å². The highest BCUT2D eigenvalue weighted by molar-refractivity contribution is 7.87. The van der Waals surface area contributed by atoms with Crippen LogP contribution in [-0.2, 0) is 28.0 Å². The van der Waals surface area contributed by atoms with Crippen molar-refractivity contribution in [2.24, 2.45) is 5.92 Å². The fraction of sp³-hybridized carbons (Fsp3) is 0.381. The van der Waals surface area contributed by atoms with Crippen LogP contribution in [-0.4, -0.2) is 25.0 Å². The van der Waals surface area contributed by atoms with E-state index in [1.165, 1.54) is 19.1 Å². The van der Waals surface area contributed by atoms with Gasteiger partial charge in [0.15, 0.2) is 0 Å². The summed E-state index contributed by atoms with van der Waals surface area (Å²) in [6.07, 6.45) is 2.83. The largest absolute Gasteiger partial charge is 0.382 e. The van der Waals surface area contributed by atoms with Gasteiger partial charge < -0.3 is 9.08 Å². The quantitative estimate of drug-likeness (QED) is 0.625. The van der Waals surface area contributed by atoms with Gasteiger partial charge in [-0.3, -0.25) is 4.79 Å². The number of carbonyl (C=O) groups is 1. The van der Waals surface area contributed by atoms with E-state index in [0.717, 1.165) is 30.4 Å². The summed E-state index contributed by atoms with van der Waals surface area (Å²) in [4.78, 5) is 14.6. The summed E-state index contributed by atoms with van der Waals surface area (Å²) in [6.45, 7) is 2.21. The van der Waals surface area contributed by atoms with E-state index in [-0.39, 0.29) is 29.1 Å². The smallest absolute Gasteiger partial charge is 0.308 e. The number of nitrogens with zero attached hydrogens (tertiary/aromatic N) is 1. The van der Waals surface area contributed by atoms with Gasteiger partial charge in [-0.15, -0.1) is 0 Å². The van der Waals surface area contributed by atoms with Gasteiger partial charge in [0.05, 0.1) is 5.75 Å². The van der Waals surface area contributed by atoms with Crippen molar-refractivity contribution in [3.8, 4) is 5.75 Å². The summed E-state index contributed by atoms with van der Waals surface area (Å²) in [5.41, 5.74) is 1.62. The van der Waals surface area contributed by atoms with E-state index in [9.17, 15) is 17.6 Å². The standard InChI is InChI=1S/C21H24FNO4S/c1-2-28(25,26)27-20-8-3-5-17(13-20)15-23(21(24)18-6-4-7-18)14-16-9-11-19(22)12-10-16/h3,5,8-13,18H,2,4,6-7,14-15H2,1H3. The van der Waals surface area contributed by atoms with Crippen LogP contribution < -0.4 is 4.18 Å². The van der Waals surface area contributed by atoms with Crippen molar-refractivity contribution in [1.29, 1.82) is 0 Å². The molecule has 0 unspecified atom stereocenters. The summed E-state index contributed by atoms with van der Waals surface area (Å²) < 4.78 is 41.7. The molecule has 0 spiro atoms. The fourth-order valence-electron chi connectivity index (χ4n) is 3.06. The lowest BCUT2D eigenvalue weighted by atomic mass is 9.84. The van der Waals surface area contributed by atoms with Gasteiger partial charge in [0.25, 0.3) is 0 Å². The molecule has 28 heavy (non-hydrogen) atoms. The first kappa shape index (κ1) is 20.3. The molecule has 0 bridgehead atoms. The molecule has 0 aromatic heterocycles. The van der Waals surface area contributed by atoms with Crippen LogP contribution in [0.25, 0.3) is 0 Å². The second-order valence-electron chi connectivity index (χ2n) is 7.03. The molecule has 2 aromatic carbocycles. The predicted octanol–water partition coefficient (Wildman–Crippen LogP) is 3.88. The molecule has 7 heteroatoms. The van der Waals surface area contributed by atoms with Gasteiger partial charge in [-0.05, 0) is 55.2 Å². The molecule has 0 aliphatic heterocycles. The normalized spacial score (nSPS) is 14.4. The highest BCUT2D eigenvalue weighted by Crippen LogP contribution is 2.30. The monoisotopic (exact) mass is 405 g/mol. The van der Waals surface area contributed by atoms with Crippen molar-refractivity contribution in [1.82, 2.24) is 4.90 Å². The van der Waals surface area contributed by atoms with Crippen molar-refractivity contribution in [2.45, 2.75) is 39.3 Å². The van der Waals surface area contributed by atoms with Gasteiger partial charge >= 0.3 is 10.1 Å². The van der Waals surface area contributed by atoms with Gasteiger partial charge in [0.2, 0.25) is 5.91 Å². The summed E-state index contributed by atoms with van der Waals surface area (Å²) in [7, 11) is -3.61. The van der Waals surface area contributed by atoms with Crippen LogP contribution in [0.1, 0.15) is 37.3 Å². The average molecular weight is 405 g/mol. The first-order chi connectivity index (χ1) is 13.4. The van der Waals surface area contributed by atoms with E-state index in [1.54, 1.807) is 35.2 Å². The zero-order chi connectivity index (χ0) is 20.1. The lowest BCUT2D eigenvalue weighted by molar-refractivity contribution is -0.139. The number of amides is 1. The molecule has 0 N–H and O–H groups in total. The van der Waals surface area contributed by atoms with E-state index < -0.39 is 10.1 Å². The molecule has 1 aliphatic rings. The van der Waals surface area contributed by atoms with Crippen molar-refractivity contribution in [2.75, 3.05) is 5.75 Å². The zero-order valence-electron chi connectivity index (χ0n) is 15.8. The Morgan fingerprint density at radius 2 is 1.79 bits per heavy atom. The number of benzene rings is 2. The lowest BCUT2D eigenvalue weighted by Gasteiger charge is -2.32. The summed E-state index contributed by atoms with van der Waals surface area (Å²) >= 11 is 0. The molecule has 3 rings (SSSR count). The Bertz CT molecular complexity index is 924. The third-order valence-corrected chi connectivity index (χ3v) is 6.05. The van der Waals surface area contributed by atoms with E-state index in [1.807, 2.05) is 6.07 Å². The summed E-state index contributed by atoms with van der Waals surface area (Å²) in [6, 6.07) is 12.9. The lowest BCUT2D eigenvalue weighted by Crippen LogP contribution is -2.38. The third kappa shape index (κ3) is 5.32. The Morgan fingerprint density at radius 1 is 1.11 bits per heavy atom. The van der Waals surface area contributed by atoms with Crippen molar-refractivity contribution in [3.63, 3.8) is 0 Å². The Labute approximate surface area is 165 Å². The van der Waals surface area contributed by atoms with Crippen LogP contribution in [0.3, 0.4) is 0 Å². The van der Waals surface area contributed by atoms with Crippen LogP contribution in [0.15, 0.2) is 48.5 Å². The van der Waals surface area contributed by atoms with Crippen LogP contribution in [0.2, 0.25) is 0 Å². The Hall–Kier alpha value is -2.41. The predicted molar refractivity (Wildman–Crippen MR) is 105 cm³/mol. The van der Waals surface area contributed by atoms with Crippen LogP contribution >= 0.6 is 0 Å². The Kier molecular flexibility index (Phi) is 6.34. The number of halogens is 1. The summed E-state index contributed by atoms with van der Waals surface area (Å²) in [5, 5.41) is 0. The minimum atomic E-state index is -3.61. The highest BCUT2D eigenvalue weighted by Gasteiger charge is 2.29. The maximum Gasteiger partial charge on any atom is 0.308 e. The first-order valence-corrected chi connectivity index (χ1v) is 11.0. The molecule has 150 valence electrons. The molecule has 1 aliphatic carbocycles. The van der Waals surface area contributed by atoms with Gasteiger partial charge in [0.1, 0.15) is 11.6 Å². The number of hydrogen-bond donors (Lipinski definition) is 0. The highest BCUT2D eigenvalue weighted by atomic mass is 32.2. The molecule has 1 saturated carbocycles. The Morgan fingerprint density at radius 3 is 2.39 bits per heavy atom. The van der Waals surface area contributed by atoms with Gasteiger partial charge in [-0.25, -0.2) is 4.39 Å². The average Bonchev–Trinajstić information content (AvgIpc) is 2.61. The zero-order valence-corrected chi connectivity index (χ0v) is 16.6. The minimum absolute atomic E-state index is 0.0281. The van der Waals surface area contributed by atoms with Crippen molar-refractivity contribution >= 4 is 16.0 Å². The number of hydrogen-bond acceptors (Lipinski definition) is 4. The molecular formula is C21H24FNO4S. The second-order valence-corrected chi connectivity index (χ2v) is 8.89. The fourth-order valence-corrected chi connectivity index (χ4v) is 3.57. The molecule has 0 atom stereocenters. The van der Waals surface area contributed by atoms with Crippen LogP contribution in [0.5, 0.6) is 5.75 Å². The van der Waals surface area contributed by atoms with Crippen molar-refractivity contribution in [3.05, 3.63) is 65.5 Å². The summed E-state index contributed by atoms with van der Waals surface area (Å²) in [5.74, 6) is -0.100. The second kappa shape index (κ2) is 8.73. The molecule has 2 aromatic rings. The first-order valence-electron chi connectivity index (χ1n) is 9.40. The third-order valence-electron chi connectivity index (χ3n) is 4.90. The van der Waals surface area contributed by atoms with E-state index in [4.69, 9.17) is 4.18 Å². The minimum Gasteiger partial charge on any atom is -0.382 e. The van der Waals surface area contributed by atoms with E-state index in [0.29, 0.717) is 13.1 Å². The molecule has 1 amide bonds. The van der Waals surface area contributed by atoms with E-state index in [2.05, 4.69) is 0 Å². The SMILES string of the molecule is CCS(=O)(=O)Oc1cccc(CN(Cc2ccc(F)cc2)C(=O)C2CCC2)c1. The van der Waals surface area contributed by atoms with Crippen molar-refractivity contribution < 1.29 is 21.8 Å². The molecular weight excluding hydrogens is 381 g/mol. The Balaban J connectivity index is 1.78. The molecule has 0 radical (unpaired) electrons.